The number of hydrogen-bond acceptors (Lipinski definition) is 7. The zero-order valence-corrected chi connectivity index (χ0v) is 23.8. The van der Waals surface area contributed by atoms with E-state index >= 15 is 0 Å². The molecule has 4 aromatic rings. The van der Waals surface area contributed by atoms with Gasteiger partial charge in [-0.15, -0.1) is 6.58 Å². The normalized spacial score (nSPS) is 15.9. The van der Waals surface area contributed by atoms with Crippen LogP contribution in [0.5, 0.6) is 0 Å². The van der Waals surface area contributed by atoms with Crippen LogP contribution in [0.25, 0.3) is 38.9 Å². The van der Waals surface area contributed by atoms with Crippen LogP contribution in [0.2, 0.25) is 0 Å². The summed E-state index contributed by atoms with van der Waals surface area (Å²) in [5, 5.41) is 17.0. The number of β-amino-alcohol motifs (C(OH)–C–C–N with tert-alkyl or cyclic N) is 1. The van der Waals surface area contributed by atoms with Crippen molar-refractivity contribution in [2.45, 2.75) is 45.1 Å². The summed E-state index contributed by atoms with van der Waals surface area (Å²) >= 11 is 0. The van der Waals surface area contributed by atoms with Crippen LogP contribution in [-0.4, -0.2) is 63.4 Å². The lowest BCUT2D eigenvalue weighted by Gasteiger charge is -2.11. The standard InChI is InChI=1S/C23H22N6.C4H9NO.C3H6.CH3F/c1-4-5-13(2)18-10-16-15(8-9-26-21(16)27-18)22-28-19-12-25-11-17(14-6-7-14)20(19)23(24-3)29-22;6-4-1-2-5-3-4;1-3-2;1-2/h4-5,8-12,14H,2,6-7H2,1,3H3,(H,26,27)(H,24,28,29);4-6H,1-3H2;3H,1H2,2H3;1H3/b5-4-;;;. The lowest BCUT2D eigenvalue weighted by atomic mass is 10.1. The van der Waals surface area contributed by atoms with Crippen LogP contribution >= 0.6 is 0 Å². The molecule has 8 nitrogen and oxygen atoms in total. The second-order valence-electron chi connectivity index (χ2n) is 9.43. The quantitative estimate of drug-likeness (QED) is 0.175. The molecule has 0 aromatic carbocycles. The summed E-state index contributed by atoms with van der Waals surface area (Å²) < 4.78 is 9.50. The molecule has 1 saturated heterocycles. The van der Waals surface area contributed by atoms with Gasteiger partial charge in [-0.3, -0.25) is 9.37 Å². The number of allylic oxidation sites excluding steroid dienone is 4. The Morgan fingerprint density at radius 1 is 1.18 bits per heavy atom. The Morgan fingerprint density at radius 2 is 1.93 bits per heavy atom. The van der Waals surface area contributed by atoms with Crippen LogP contribution in [0.4, 0.5) is 10.2 Å². The smallest absolute Gasteiger partial charge is 0.163 e. The van der Waals surface area contributed by atoms with Crippen LogP contribution in [-0.2, 0) is 0 Å². The summed E-state index contributed by atoms with van der Waals surface area (Å²) in [6.45, 7) is 13.1. The van der Waals surface area contributed by atoms with Gasteiger partial charge in [-0.1, -0.05) is 24.8 Å². The maximum absolute atomic E-state index is 9.50. The molecule has 4 aromatic heterocycles. The number of H-pyrrole nitrogens is 1. The minimum atomic E-state index is -0.0648. The molecule has 5 heterocycles. The Bertz CT molecular complexity index is 1450. The predicted octanol–water partition coefficient (Wildman–Crippen LogP) is 6.20. The van der Waals surface area contributed by atoms with Crippen molar-refractivity contribution in [3.8, 4) is 11.4 Å². The fourth-order valence-corrected chi connectivity index (χ4v) is 4.44. The highest BCUT2D eigenvalue weighted by Gasteiger charge is 2.27. The number of aliphatic hydroxyl groups is 1. The molecule has 2 aliphatic rings. The van der Waals surface area contributed by atoms with Gasteiger partial charge >= 0.3 is 0 Å². The molecule has 212 valence electrons. The Labute approximate surface area is 235 Å². The molecule has 4 N–H and O–H groups in total. The number of rotatable bonds is 5. The molecule has 0 bridgehead atoms. The Hall–Kier alpha value is -3.95. The van der Waals surface area contributed by atoms with Crippen molar-refractivity contribution in [1.29, 1.82) is 0 Å². The largest absolute Gasteiger partial charge is 0.392 e. The predicted molar refractivity (Wildman–Crippen MR) is 164 cm³/mol. The molecule has 0 amide bonds. The number of aromatic amines is 1. The molecule has 40 heavy (non-hydrogen) atoms. The number of fused-ring (bicyclic) bond motifs is 2. The van der Waals surface area contributed by atoms with Crippen molar-refractivity contribution in [1.82, 2.24) is 30.2 Å². The van der Waals surface area contributed by atoms with Crippen molar-refractivity contribution in [2.24, 2.45) is 0 Å². The molecule has 1 unspecified atom stereocenters. The highest BCUT2D eigenvalue weighted by atomic mass is 19.1. The molecule has 9 heteroatoms. The average molecular weight is 546 g/mol. The number of halogens is 1. The Morgan fingerprint density at radius 3 is 2.50 bits per heavy atom. The van der Waals surface area contributed by atoms with E-state index in [9.17, 15) is 4.39 Å². The van der Waals surface area contributed by atoms with Gasteiger partial charge in [0, 0.05) is 48.0 Å². The third-order valence-electron chi connectivity index (χ3n) is 6.41. The van der Waals surface area contributed by atoms with Gasteiger partial charge < -0.3 is 20.7 Å². The first-order chi connectivity index (χ1) is 19.5. The maximum atomic E-state index is 9.50. The third-order valence-corrected chi connectivity index (χ3v) is 6.41. The Kier molecular flexibility index (Phi) is 11.5. The second kappa shape index (κ2) is 15.0. The van der Waals surface area contributed by atoms with Crippen LogP contribution in [0.3, 0.4) is 0 Å². The molecule has 2 fully saturated rings. The van der Waals surface area contributed by atoms with E-state index in [2.05, 4.69) is 44.8 Å². The van der Waals surface area contributed by atoms with E-state index in [1.165, 1.54) is 18.4 Å². The minimum absolute atomic E-state index is 0.0648. The van der Waals surface area contributed by atoms with Crippen molar-refractivity contribution in [3.05, 3.63) is 73.4 Å². The number of nitrogens with one attached hydrogen (secondary N) is 3. The van der Waals surface area contributed by atoms with Gasteiger partial charge in [0.1, 0.15) is 11.5 Å². The molecule has 1 saturated carbocycles. The number of hydrogen-bond donors (Lipinski definition) is 4. The lowest BCUT2D eigenvalue weighted by Crippen LogP contribution is -2.11. The first-order valence-electron chi connectivity index (χ1n) is 13.5. The van der Waals surface area contributed by atoms with E-state index in [0.29, 0.717) is 18.9 Å². The first-order valence-corrected chi connectivity index (χ1v) is 13.5. The SMILES string of the molecule is C=C(/C=C\C)c1cc2c(-c3nc(NC)c4c(C5CC5)cncc4n3)ccnc2[nH]1.C=CC.CF.OC1CCNC1. The van der Waals surface area contributed by atoms with E-state index in [1.54, 1.807) is 12.3 Å². The zero-order valence-electron chi connectivity index (χ0n) is 23.8. The highest BCUT2D eigenvalue weighted by Crippen LogP contribution is 2.44. The van der Waals surface area contributed by atoms with E-state index in [0.717, 1.165) is 64.1 Å². The zero-order chi connectivity index (χ0) is 29.1. The summed E-state index contributed by atoms with van der Waals surface area (Å²) in [7, 11) is 2.40. The summed E-state index contributed by atoms with van der Waals surface area (Å²) in [4.78, 5) is 22.0. The molecule has 1 aliphatic heterocycles. The summed E-state index contributed by atoms with van der Waals surface area (Å²) in [5.41, 5.74) is 5.67. The number of aromatic nitrogens is 5. The molecule has 1 atom stereocenters. The number of anilines is 1. The summed E-state index contributed by atoms with van der Waals surface area (Å²) in [6.07, 6.45) is 14.5. The van der Waals surface area contributed by atoms with Crippen LogP contribution in [0.15, 0.2) is 62.1 Å². The van der Waals surface area contributed by atoms with Gasteiger partial charge in [-0.2, -0.15) is 0 Å². The number of nitrogens with zero attached hydrogens (tertiary/aromatic N) is 4. The fraction of sp³-hybridized carbons (Fsp3) is 0.355. The number of alkyl halides is 1. The fourth-order valence-electron chi connectivity index (χ4n) is 4.44. The van der Waals surface area contributed by atoms with Crippen LogP contribution < -0.4 is 10.6 Å². The van der Waals surface area contributed by atoms with Gasteiger partial charge in [0.15, 0.2) is 5.82 Å². The van der Waals surface area contributed by atoms with E-state index in [1.807, 2.05) is 51.5 Å². The molecular weight excluding hydrogens is 505 g/mol. The van der Waals surface area contributed by atoms with Gasteiger partial charge in [0.25, 0.3) is 0 Å². The second-order valence-corrected chi connectivity index (χ2v) is 9.43. The lowest BCUT2D eigenvalue weighted by molar-refractivity contribution is 0.196. The third kappa shape index (κ3) is 7.37. The first kappa shape index (κ1) is 30.6. The Balaban J connectivity index is 0.000000342. The summed E-state index contributed by atoms with van der Waals surface area (Å²) in [5.74, 6) is 2.07. The molecular formula is C31H40FN7O. The van der Waals surface area contributed by atoms with Crippen molar-refractivity contribution < 1.29 is 9.50 Å². The molecule has 0 spiro atoms. The average Bonchev–Trinajstić information content (AvgIpc) is 3.54. The van der Waals surface area contributed by atoms with Gasteiger partial charge in [-0.05, 0) is 68.8 Å². The van der Waals surface area contributed by atoms with Crippen molar-refractivity contribution >= 4 is 33.3 Å². The van der Waals surface area contributed by atoms with E-state index in [4.69, 9.17) is 15.1 Å². The number of aliphatic hydroxyl groups excluding tert-OH is 1. The number of pyridine rings is 2. The molecule has 6 rings (SSSR count). The topological polar surface area (TPSA) is 112 Å². The van der Waals surface area contributed by atoms with Crippen LogP contribution in [0.1, 0.15) is 50.3 Å². The van der Waals surface area contributed by atoms with Crippen molar-refractivity contribution in [2.75, 3.05) is 32.6 Å². The molecule has 0 radical (unpaired) electrons. The maximum Gasteiger partial charge on any atom is 0.163 e. The van der Waals surface area contributed by atoms with E-state index in [-0.39, 0.29) is 6.10 Å². The van der Waals surface area contributed by atoms with E-state index < -0.39 is 0 Å². The highest BCUT2D eigenvalue weighted by molar-refractivity contribution is 5.98. The van der Waals surface area contributed by atoms with Crippen LogP contribution in [0, 0.1) is 0 Å². The summed E-state index contributed by atoms with van der Waals surface area (Å²) in [6, 6.07) is 4.02. The van der Waals surface area contributed by atoms with Gasteiger partial charge in [-0.25, -0.2) is 15.0 Å². The van der Waals surface area contributed by atoms with Gasteiger partial charge in [0.05, 0.1) is 25.0 Å². The van der Waals surface area contributed by atoms with Crippen molar-refractivity contribution in [3.63, 3.8) is 0 Å². The monoisotopic (exact) mass is 545 g/mol. The molecule has 1 aliphatic carbocycles. The minimum Gasteiger partial charge on any atom is -0.392 e. The van der Waals surface area contributed by atoms with Gasteiger partial charge in [0.2, 0.25) is 0 Å².